The number of hydrogen-bond donors (Lipinski definition) is 1. The third kappa shape index (κ3) is 2.55. The SMILES string of the molecule is Cc1ccc(C(=O)Nc2ccc3c(c2)N(C)C(=O)C3(C)C)c(Cl)n1. The number of benzene rings is 1. The van der Waals surface area contributed by atoms with Crippen LogP contribution in [0, 0.1) is 6.92 Å². The Morgan fingerprint density at radius 3 is 2.62 bits per heavy atom. The van der Waals surface area contributed by atoms with Crippen molar-refractivity contribution in [1.82, 2.24) is 4.98 Å². The number of carbonyl (C=O) groups is 2. The normalized spacial score (nSPS) is 15.4. The van der Waals surface area contributed by atoms with Gasteiger partial charge in [0.05, 0.1) is 11.0 Å². The number of nitrogens with zero attached hydrogens (tertiary/aromatic N) is 2. The fourth-order valence-electron chi connectivity index (χ4n) is 2.95. The number of pyridine rings is 1. The highest BCUT2D eigenvalue weighted by atomic mass is 35.5. The number of aryl methyl sites for hydroxylation is 1. The predicted octanol–water partition coefficient (Wildman–Crippen LogP) is 3.55. The Morgan fingerprint density at radius 1 is 1.25 bits per heavy atom. The van der Waals surface area contributed by atoms with Crippen molar-refractivity contribution in [3.8, 4) is 0 Å². The van der Waals surface area contributed by atoms with Crippen molar-refractivity contribution in [3.05, 3.63) is 52.3 Å². The Hall–Kier alpha value is -2.40. The average molecular weight is 344 g/mol. The minimum atomic E-state index is -0.559. The lowest BCUT2D eigenvalue weighted by atomic mass is 9.86. The van der Waals surface area contributed by atoms with Crippen molar-refractivity contribution in [1.29, 1.82) is 0 Å². The fraction of sp³-hybridized carbons (Fsp3) is 0.278. The van der Waals surface area contributed by atoms with Gasteiger partial charge in [-0.15, -0.1) is 0 Å². The lowest BCUT2D eigenvalue weighted by Crippen LogP contribution is -2.33. The fourth-order valence-corrected chi connectivity index (χ4v) is 3.23. The van der Waals surface area contributed by atoms with E-state index in [-0.39, 0.29) is 17.0 Å². The molecule has 1 aliphatic heterocycles. The summed E-state index contributed by atoms with van der Waals surface area (Å²) in [5.74, 6) is -0.301. The molecule has 0 bridgehead atoms. The predicted molar refractivity (Wildman–Crippen MR) is 94.8 cm³/mol. The van der Waals surface area contributed by atoms with Gasteiger partial charge in [-0.05, 0) is 50.6 Å². The second-order valence-electron chi connectivity index (χ2n) is 6.47. The number of likely N-dealkylation sites (N-methyl/N-ethyl adjacent to an activating group) is 1. The summed E-state index contributed by atoms with van der Waals surface area (Å²) < 4.78 is 0. The van der Waals surface area contributed by atoms with Crippen molar-refractivity contribution in [2.24, 2.45) is 0 Å². The van der Waals surface area contributed by atoms with E-state index in [9.17, 15) is 9.59 Å². The van der Waals surface area contributed by atoms with Gasteiger partial charge < -0.3 is 10.2 Å². The van der Waals surface area contributed by atoms with Crippen molar-refractivity contribution >= 4 is 34.8 Å². The first-order valence-electron chi connectivity index (χ1n) is 7.59. The number of amides is 2. The van der Waals surface area contributed by atoms with Crippen LogP contribution in [0.2, 0.25) is 5.15 Å². The Kier molecular flexibility index (Phi) is 3.84. The first-order valence-corrected chi connectivity index (χ1v) is 7.97. The molecule has 0 saturated carbocycles. The standard InChI is InChI=1S/C18H18ClN3O2/c1-10-5-7-12(15(19)20-10)16(23)21-11-6-8-13-14(9-11)22(4)17(24)18(13,2)3/h5-9H,1-4H3,(H,21,23). The van der Waals surface area contributed by atoms with Crippen LogP contribution in [0.3, 0.4) is 0 Å². The Labute approximate surface area is 145 Å². The summed E-state index contributed by atoms with van der Waals surface area (Å²) in [7, 11) is 1.74. The highest BCUT2D eigenvalue weighted by molar-refractivity contribution is 6.33. The van der Waals surface area contributed by atoms with Gasteiger partial charge in [-0.25, -0.2) is 4.98 Å². The number of nitrogens with one attached hydrogen (secondary N) is 1. The second kappa shape index (κ2) is 5.60. The van der Waals surface area contributed by atoms with Gasteiger partial charge in [-0.2, -0.15) is 0 Å². The highest BCUT2D eigenvalue weighted by Crippen LogP contribution is 2.41. The van der Waals surface area contributed by atoms with Crippen molar-refractivity contribution in [3.63, 3.8) is 0 Å². The van der Waals surface area contributed by atoms with Crippen LogP contribution in [0.15, 0.2) is 30.3 Å². The van der Waals surface area contributed by atoms with Crippen LogP contribution < -0.4 is 10.2 Å². The molecule has 3 rings (SSSR count). The summed E-state index contributed by atoms with van der Waals surface area (Å²) in [6.45, 7) is 5.60. The molecule has 6 heteroatoms. The van der Waals surface area contributed by atoms with E-state index in [0.29, 0.717) is 11.3 Å². The van der Waals surface area contributed by atoms with Gasteiger partial charge in [0.15, 0.2) is 0 Å². The molecule has 0 unspecified atom stereocenters. The summed E-state index contributed by atoms with van der Waals surface area (Å²) in [6.07, 6.45) is 0. The summed E-state index contributed by atoms with van der Waals surface area (Å²) in [5.41, 5.74) is 2.85. The smallest absolute Gasteiger partial charge is 0.258 e. The van der Waals surface area contributed by atoms with Crippen LogP contribution in [-0.2, 0) is 10.2 Å². The maximum absolute atomic E-state index is 12.4. The van der Waals surface area contributed by atoms with Crippen molar-refractivity contribution in [2.75, 3.05) is 17.3 Å². The number of halogens is 1. The number of aromatic nitrogens is 1. The van der Waals surface area contributed by atoms with Crippen molar-refractivity contribution < 1.29 is 9.59 Å². The molecule has 1 aliphatic rings. The van der Waals surface area contributed by atoms with Gasteiger partial charge in [0, 0.05) is 24.1 Å². The monoisotopic (exact) mass is 343 g/mol. The molecule has 1 aromatic carbocycles. The number of carbonyl (C=O) groups excluding carboxylic acids is 2. The van der Waals surface area contributed by atoms with Crippen LogP contribution in [-0.4, -0.2) is 23.8 Å². The molecule has 0 spiro atoms. The quantitative estimate of drug-likeness (QED) is 0.848. The molecule has 5 nitrogen and oxygen atoms in total. The molecule has 2 heterocycles. The first-order chi connectivity index (χ1) is 11.2. The molecule has 1 N–H and O–H groups in total. The third-order valence-electron chi connectivity index (χ3n) is 4.36. The molecule has 0 saturated heterocycles. The van der Waals surface area contributed by atoms with Crippen LogP contribution >= 0.6 is 11.6 Å². The number of hydrogen-bond acceptors (Lipinski definition) is 3. The van der Waals surface area contributed by atoms with E-state index >= 15 is 0 Å². The molecule has 0 aliphatic carbocycles. The zero-order chi connectivity index (χ0) is 17.6. The van der Waals surface area contributed by atoms with Crippen LogP contribution in [0.1, 0.15) is 35.5 Å². The van der Waals surface area contributed by atoms with Gasteiger partial charge >= 0.3 is 0 Å². The lowest BCUT2D eigenvalue weighted by Gasteiger charge is -2.16. The van der Waals surface area contributed by atoms with Crippen molar-refractivity contribution in [2.45, 2.75) is 26.2 Å². The molecule has 2 aromatic rings. The molecule has 124 valence electrons. The summed E-state index contributed by atoms with van der Waals surface area (Å²) >= 11 is 6.04. The van der Waals surface area contributed by atoms with E-state index in [1.165, 1.54) is 0 Å². The van der Waals surface area contributed by atoms with Crippen LogP contribution in [0.25, 0.3) is 0 Å². The largest absolute Gasteiger partial charge is 0.322 e. The summed E-state index contributed by atoms with van der Waals surface area (Å²) in [6, 6.07) is 8.85. The lowest BCUT2D eigenvalue weighted by molar-refractivity contribution is -0.121. The molecule has 0 radical (unpaired) electrons. The molecular weight excluding hydrogens is 326 g/mol. The second-order valence-corrected chi connectivity index (χ2v) is 6.82. The van der Waals surface area contributed by atoms with Crippen LogP contribution in [0.5, 0.6) is 0 Å². The van der Waals surface area contributed by atoms with E-state index in [4.69, 9.17) is 11.6 Å². The Morgan fingerprint density at radius 2 is 1.96 bits per heavy atom. The number of anilines is 2. The van der Waals surface area contributed by atoms with E-state index in [1.54, 1.807) is 36.2 Å². The van der Waals surface area contributed by atoms with Gasteiger partial charge in [-0.3, -0.25) is 9.59 Å². The summed E-state index contributed by atoms with van der Waals surface area (Å²) in [5, 5.41) is 2.98. The topological polar surface area (TPSA) is 62.3 Å². The zero-order valence-corrected chi connectivity index (χ0v) is 14.7. The molecule has 0 atom stereocenters. The maximum atomic E-state index is 12.4. The highest BCUT2D eigenvalue weighted by Gasteiger charge is 2.42. The van der Waals surface area contributed by atoms with Gasteiger partial charge in [0.1, 0.15) is 5.15 Å². The minimum Gasteiger partial charge on any atom is -0.322 e. The average Bonchev–Trinajstić information content (AvgIpc) is 2.68. The molecule has 2 amide bonds. The zero-order valence-electron chi connectivity index (χ0n) is 14.0. The van der Waals surface area contributed by atoms with Crippen LogP contribution in [0.4, 0.5) is 11.4 Å². The van der Waals surface area contributed by atoms with Gasteiger partial charge in [0.2, 0.25) is 5.91 Å². The molecule has 0 fully saturated rings. The van der Waals surface area contributed by atoms with E-state index in [0.717, 1.165) is 16.9 Å². The number of fused-ring (bicyclic) bond motifs is 1. The van der Waals surface area contributed by atoms with E-state index in [2.05, 4.69) is 10.3 Å². The van der Waals surface area contributed by atoms with E-state index in [1.807, 2.05) is 26.8 Å². The summed E-state index contributed by atoms with van der Waals surface area (Å²) in [4.78, 5) is 30.4. The first kappa shape index (κ1) is 16.5. The van der Waals surface area contributed by atoms with Gasteiger partial charge in [0.25, 0.3) is 5.91 Å². The van der Waals surface area contributed by atoms with E-state index < -0.39 is 5.41 Å². The Bertz CT molecular complexity index is 861. The Balaban J connectivity index is 1.90. The third-order valence-corrected chi connectivity index (χ3v) is 4.65. The molecule has 24 heavy (non-hydrogen) atoms. The maximum Gasteiger partial charge on any atom is 0.258 e. The number of rotatable bonds is 2. The molecular formula is C18H18ClN3O2. The minimum absolute atomic E-state index is 0.0340. The van der Waals surface area contributed by atoms with Gasteiger partial charge in [-0.1, -0.05) is 17.7 Å². The molecule has 1 aromatic heterocycles.